The van der Waals surface area contributed by atoms with Crippen LogP contribution < -0.4 is 81.9 Å². The van der Waals surface area contributed by atoms with Crippen molar-refractivity contribution in [2.75, 3.05) is 0 Å². The molecule has 0 bridgehead atoms. The Balaban J connectivity index is 1.55. The second-order valence-electron chi connectivity index (χ2n) is 13.2. The van der Waals surface area contributed by atoms with Crippen LogP contribution in [-0.4, -0.2) is 128 Å². The lowest BCUT2D eigenvalue weighted by Crippen LogP contribution is -2.51. The van der Waals surface area contributed by atoms with Crippen LogP contribution in [0, 0.1) is 22.7 Å². The van der Waals surface area contributed by atoms with E-state index in [2.05, 4.69) is 9.97 Å². The van der Waals surface area contributed by atoms with E-state index in [1.54, 1.807) is 18.2 Å². The molecule has 0 aliphatic rings. The van der Waals surface area contributed by atoms with E-state index < -0.39 is 0 Å². The van der Waals surface area contributed by atoms with Crippen molar-refractivity contribution < 1.29 is 4.42 Å². The summed E-state index contributed by atoms with van der Waals surface area (Å²) in [4.78, 5) is 8.22. The number of furan rings is 1. The number of nitrogens with zero attached hydrogens (tertiary/aromatic N) is 4. The second kappa shape index (κ2) is 13.0. The van der Waals surface area contributed by atoms with E-state index in [-0.39, 0.29) is 154 Å². The maximum Gasteiger partial charge on any atom is 0.234 e. The van der Waals surface area contributed by atoms with Gasteiger partial charge in [0, 0.05) is 5.39 Å². The van der Waals surface area contributed by atoms with Crippen LogP contribution in [0.5, 0.6) is 0 Å². The molecule has 0 aliphatic carbocycles. The highest BCUT2D eigenvalue weighted by Crippen LogP contribution is 2.33. The molecular formula is C36H3B15N4O. The first-order valence-corrected chi connectivity index (χ1v) is 16.3. The topological polar surface area (TPSA) is 86.5 Å². The number of hydrogen-bond donors (Lipinski definition) is 0. The Morgan fingerprint density at radius 3 is 1.32 bits per heavy atom. The molecule has 8 aromatic rings. The van der Waals surface area contributed by atoms with Gasteiger partial charge in [-0.05, 0) is 66.7 Å². The quantitative estimate of drug-likeness (QED) is 0.135. The molecule has 0 saturated heterocycles. The minimum Gasteiger partial charge on any atom is -0.451 e. The number of rotatable bonds is 2. The van der Waals surface area contributed by atoms with Gasteiger partial charge in [0.15, 0.2) is 11.3 Å². The fourth-order valence-electron chi connectivity index (χ4n) is 7.63. The Morgan fingerprint density at radius 1 is 0.429 bits per heavy atom. The summed E-state index contributed by atoms with van der Waals surface area (Å²) in [6.45, 7) is 0. The first kappa shape index (κ1) is 37.8. The zero-order valence-electron chi connectivity index (χ0n) is 29.1. The summed E-state index contributed by atoms with van der Waals surface area (Å²) in [6.07, 6.45) is 0. The highest BCUT2D eigenvalue weighted by Gasteiger charge is 2.26. The third-order valence-electron chi connectivity index (χ3n) is 10.4. The Kier molecular flexibility index (Phi) is 8.78. The maximum atomic E-state index is 9.68. The van der Waals surface area contributed by atoms with Gasteiger partial charge in [0.25, 0.3) is 0 Å². The minimum atomic E-state index is -0.234. The molecule has 56 heavy (non-hydrogen) atoms. The van der Waals surface area contributed by atoms with Crippen LogP contribution >= 0.6 is 0 Å². The molecule has 0 amide bonds. The molecule has 0 N–H and O–H groups in total. The summed E-state index contributed by atoms with van der Waals surface area (Å²) in [5.41, 5.74) is 0.810. The average molecular weight is 670 g/mol. The van der Waals surface area contributed by atoms with Gasteiger partial charge in [-0.3, -0.25) is 0 Å². The summed E-state index contributed by atoms with van der Waals surface area (Å²) >= 11 is 0. The van der Waals surface area contributed by atoms with Crippen LogP contribution in [0.25, 0.3) is 76.6 Å². The molecule has 6 aromatic carbocycles. The number of hydrogen-bond acceptors (Lipinski definition) is 5. The van der Waals surface area contributed by atoms with Crippen LogP contribution in [0.1, 0.15) is 11.5 Å². The van der Waals surface area contributed by atoms with Gasteiger partial charge < -0.3 is 4.42 Å². The first-order valence-electron chi connectivity index (χ1n) is 16.3. The van der Waals surface area contributed by atoms with Gasteiger partial charge in [0.2, 0.25) is 5.82 Å². The van der Waals surface area contributed by atoms with Crippen molar-refractivity contribution in [2.45, 2.75) is 0 Å². The summed E-state index contributed by atoms with van der Waals surface area (Å²) < 4.78 is 5.90. The predicted octanol–water partition coefficient (Wildman–Crippen LogP) is -9.18. The summed E-state index contributed by atoms with van der Waals surface area (Å²) in [7, 11) is 99.9. The molecule has 2 heterocycles. The molecule has 0 unspecified atom stereocenters. The molecule has 218 valence electrons. The zero-order valence-corrected chi connectivity index (χ0v) is 29.1. The number of nitriles is 2. The molecule has 8 rings (SSSR count). The number of aromatic nitrogens is 2. The zero-order chi connectivity index (χ0) is 40.6. The van der Waals surface area contributed by atoms with Gasteiger partial charge in [-0.1, -0.05) is 60.7 Å². The van der Waals surface area contributed by atoms with Crippen LogP contribution in [0.3, 0.4) is 0 Å². The number of fused-ring (bicyclic) bond motifs is 9. The van der Waals surface area contributed by atoms with Crippen molar-refractivity contribution in [2.24, 2.45) is 0 Å². The summed E-state index contributed by atoms with van der Waals surface area (Å²) in [5, 5.41) is 20.9. The molecule has 2 aromatic heterocycles. The van der Waals surface area contributed by atoms with Gasteiger partial charge in [0.1, 0.15) is 141 Å². The Labute approximate surface area is 341 Å². The Bertz CT molecular complexity index is 3250. The molecule has 30 radical (unpaired) electrons. The monoisotopic (exact) mass is 672 g/mol. The molecule has 0 atom stereocenters. The lowest BCUT2D eigenvalue weighted by molar-refractivity contribution is 0.663. The van der Waals surface area contributed by atoms with E-state index >= 15 is 0 Å². The minimum absolute atomic E-state index is 0.000485. The SMILES string of the molecule is [B]c1c([B])c(-c2ccc3oc4c(C#N)nc(C#N)nc4c3c2)c([B])c(-c2c([B])c([B])c3c4c([B])c([B])c([B])c([B])c4c4c([B])c([B])c([B])c([B])c4c3c2[B])c1[B]. The van der Waals surface area contributed by atoms with Crippen molar-refractivity contribution in [3.8, 4) is 34.4 Å². The van der Waals surface area contributed by atoms with Crippen molar-refractivity contribution in [1.82, 2.24) is 9.97 Å². The molecule has 5 nitrogen and oxygen atoms in total. The van der Waals surface area contributed by atoms with Crippen molar-refractivity contribution in [3.05, 3.63) is 29.7 Å². The molecule has 0 spiro atoms. The fourth-order valence-corrected chi connectivity index (χ4v) is 7.63. The van der Waals surface area contributed by atoms with E-state index in [0.717, 1.165) is 0 Å². The molecule has 20 heteroatoms. The standard InChI is InChI=1S/C36H3B15N4O/c37-20-11(6-1-2-9-7(3-6)35-36(56-9)8(4-52)54-10(5-53)55-35)22(39)30(47)29(46)18(20)19-21(38)12-13(23(40)28(19)45)15-17(27(44)34(51)32(49)25(15)42)16-14(12)24(41)31(48)33(50)26(16)43/h1-3H. The van der Waals surface area contributed by atoms with Crippen LogP contribution in [-0.2, 0) is 0 Å². The third kappa shape index (κ3) is 4.87. The lowest BCUT2D eigenvalue weighted by Gasteiger charge is -2.31. The number of benzene rings is 6. The van der Waals surface area contributed by atoms with E-state index in [1.807, 2.05) is 12.1 Å². The van der Waals surface area contributed by atoms with Crippen molar-refractivity contribution in [3.63, 3.8) is 0 Å². The molecular weight excluding hydrogens is 667 g/mol. The van der Waals surface area contributed by atoms with Crippen LogP contribution in [0.4, 0.5) is 0 Å². The third-order valence-corrected chi connectivity index (χ3v) is 10.4. The van der Waals surface area contributed by atoms with Gasteiger partial charge in [-0.15, -0.1) is 27.3 Å². The van der Waals surface area contributed by atoms with E-state index in [1.165, 1.54) is 0 Å². The van der Waals surface area contributed by atoms with Gasteiger partial charge in [-0.25, -0.2) is 9.97 Å². The Hall–Kier alpha value is -5.07. The average Bonchev–Trinajstić information content (AvgIpc) is 3.56. The molecule has 0 aliphatic heterocycles. The van der Waals surface area contributed by atoms with Crippen LogP contribution in [0.15, 0.2) is 22.6 Å². The van der Waals surface area contributed by atoms with E-state index in [4.69, 9.17) is 122 Å². The Morgan fingerprint density at radius 2 is 0.839 bits per heavy atom. The van der Waals surface area contributed by atoms with Gasteiger partial charge >= 0.3 is 0 Å². The lowest BCUT2D eigenvalue weighted by atomic mass is 9.56. The van der Waals surface area contributed by atoms with E-state index in [9.17, 15) is 10.5 Å². The molecule has 0 fully saturated rings. The highest BCUT2D eigenvalue weighted by molar-refractivity contribution is 6.75. The normalized spacial score (nSPS) is 11.5. The van der Waals surface area contributed by atoms with E-state index in [0.29, 0.717) is 16.5 Å². The highest BCUT2D eigenvalue weighted by atomic mass is 16.3. The van der Waals surface area contributed by atoms with Crippen molar-refractivity contribution >= 4 is 254 Å². The molecule has 0 saturated carbocycles. The first-order chi connectivity index (χ1) is 26.5. The second-order valence-corrected chi connectivity index (χ2v) is 13.2. The van der Waals surface area contributed by atoms with Gasteiger partial charge in [-0.2, -0.15) is 10.5 Å². The smallest absolute Gasteiger partial charge is 0.234 e. The van der Waals surface area contributed by atoms with Gasteiger partial charge in [0.05, 0.1) is 0 Å². The van der Waals surface area contributed by atoms with Crippen molar-refractivity contribution in [1.29, 1.82) is 10.5 Å². The largest absolute Gasteiger partial charge is 0.451 e. The summed E-state index contributed by atoms with van der Waals surface area (Å²) in [5.74, 6) is -0.234. The van der Waals surface area contributed by atoms with Crippen LogP contribution in [0.2, 0.25) is 0 Å². The maximum absolute atomic E-state index is 9.68. The fraction of sp³-hybridized carbons (Fsp3) is 0. The summed E-state index contributed by atoms with van der Waals surface area (Å²) in [6, 6.07) is 8.69. The predicted molar refractivity (Wildman–Crippen MR) is 243 cm³/mol.